The van der Waals surface area contributed by atoms with Gasteiger partial charge in [0.05, 0.1) is 0 Å². The lowest BCUT2D eigenvalue weighted by molar-refractivity contribution is -0.117. The average Bonchev–Trinajstić information content (AvgIpc) is 2.56. The van der Waals surface area contributed by atoms with Gasteiger partial charge in [0.25, 0.3) is 11.8 Å². The lowest BCUT2D eigenvalue weighted by Gasteiger charge is -2.09. The van der Waals surface area contributed by atoms with Crippen LogP contribution in [-0.4, -0.2) is 18.9 Å². The van der Waals surface area contributed by atoms with E-state index in [1.54, 1.807) is 30.3 Å². The van der Waals surface area contributed by atoms with Gasteiger partial charge in [-0.2, -0.15) is 0 Å². The number of nitrogens with one attached hydrogen (secondary N) is 2. The number of carbonyl (C=O) groups excluding carboxylic acids is 2. The second-order valence-corrected chi connectivity index (χ2v) is 5.42. The van der Waals surface area contributed by atoms with Crippen molar-refractivity contribution in [2.24, 2.45) is 0 Å². The Morgan fingerprint density at radius 3 is 2.23 bits per heavy atom. The third-order valence-electron chi connectivity index (χ3n) is 2.94. The van der Waals surface area contributed by atoms with Gasteiger partial charge < -0.3 is 10.6 Å². The van der Waals surface area contributed by atoms with E-state index in [1.807, 2.05) is 30.3 Å². The van der Waals surface area contributed by atoms with E-state index in [9.17, 15) is 9.59 Å². The minimum Gasteiger partial charge on any atom is -0.354 e. The van der Waals surface area contributed by atoms with Gasteiger partial charge >= 0.3 is 0 Å². The minimum absolute atomic E-state index is 0.193. The van der Waals surface area contributed by atoms with Crippen molar-refractivity contribution in [3.05, 3.63) is 75.9 Å². The Hall–Kier alpha value is -2.40. The van der Waals surface area contributed by atoms with Crippen LogP contribution in [0.1, 0.15) is 15.9 Å². The first kappa shape index (κ1) is 16.0. The first-order valence-corrected chi connectivity index (χ1v) is 7.45. The zero-order valence-electron chi connectivity index (χ0n) is 12.0. The van der Waals surface area contributed by atoms with Crippen molar-refractivity contribution >= 4 is 33.8 Å². The molecule has 2 N–H and O–H groups in total. The summed E-state index contributed by atoms with van der Waals surface area (Å²) in [6.45, 7) is 0. The molecule has 0 aliphatic rings. The Morgan fingerprint density at radius 2 is 1.64 bits per heavy atom. The minimum atomic E-state index is -0.354. The number of carbonyl (C=O) groups is 2. The summed E-state index contributed by atoms with van der Waals surface area (Å²) in [6, 6.07) is 16.2. The van der Waals surface area contributed by atoms with Crippen molar-refractivity contribution in [1.29, 1.82) is 0 Å². The largest absolute Gasteiger partial charge is 0.354 e. The number of likely N-dealkylation sites (N-methyl/N-ethyl adjacent to an activating group) is 1. The lowest BCUT2D eigenvalue weighted by Crippen LogP contribution is -2.33. The summed E-state index contributed by atoms with van der Waals surface area (Å²) in [5, 5.41) is 5.17. The van der Waals surface area contributed by atoms with Gasteiger partial charge in [-0.25, -0.2) is 0 Å². The van der Waals surface area contributed by atoms with Gasteiger partial charge in [0.15, 0.2) is 0 Å². The van der Waals surface area contributed by atoms with Crippen LogP contribution in [0.15, 0.2) is 64.8 Å². The molecule has 0 saturated carbocycles. The summed E-state index contributed by atoms with van der Waals surface area (Å²) in [4.78, 5) is 24.1. The van der Waals surface area contributed by atoms with Gasteiger partial charge in [-0.15, -0.1) is 0 Å². The number of halogens is 1. The first-order chi connectivity index (χ1) is 10.6. The van der Waals surface area contributed by atoms with E-state index >= 15 is 0 Å². The molecule has 0 bridgehead atoms. The second-order valence-electron chi connectivity index (χ2n) is 4.51. The molecule has 0 aliphatic heterocycles. The predicted molar refractivity (Wildman–Crippen MR) is 90.1 cm³/mol. The zero-order valence-corrected chi connectivity index (χ0v) is 13.6. The van der Waals surface area contributed by atoms with E-state index in [2.05, 4.69) is 26.6 Å². The molecule has 0 saturated heterocycles. The summed E-state index contributed by atoms with van der Waals surface area (Å²) in [5.74, 6) is -0.681. The molecule has 0 atom stereocenters. The zero-order chi connectivity index (χ0) is 15.9. The van der Waals surface area contributed by atoms with Gasteiger partial charge in [0.1, 0.15) is 5.70 Å². The van der Waals surface area contributed by atoms with E-state index in [0.717, 1.165) is 10.0 Å². The molecule has 22 heavy (non-hydrogen) atoms. The molecule has 4 nitrogen and oxygen atoms in total. The second kappa shape index (κ2) is 7.56. The van der Waals surface area contributed by atoms with Crippen LogP contribution < -0.4 is 10.6 Å². The summed E-state index contributed by atoms with van der Waals surface area (Å²) in [7, 11) is 1.52. The van der Waals surface area contributed by atoms with Crippen LogP contribution in [0.3, 0.4) is 0 Å². The summed E-state index contributed by atoms with van der Waals surface area (Å²) in [5.41, 5.74) is 1.50. The predicted octanol–water partition coefficient (Wildman–Crippen LogP) is 2.97. The van der Waals surface area contributed by atoms with Crippen LogP contribution in [0.5, 0.6) is 0 Å². The summed E-state index contributed by atoms with van der Waals surface area (Å²) < 4.78 is 0.944. The normalized spacial score (nSPS) is 10.9. The van der Waals surface area contributed by atoms with Crippen LogP contribution in [-0.2, 0) is 4.79 Å². The van der Waals surface area contributed by atoms with Gasteiger partial charge in [-0.05, 0) is 35.9 Å². The molecule has 0 aromatic heterocycles. The standard InChI is InChI=1S/C17H15BrN2O2/c1-19-17(22)15(11-12-7-9-14(18)10-8-12)20-16(21)13-5-3-2-4-6-13/h2-11H,1H3,(H,19,22)(H,20,21)/b15-11-. The van der Waals surface area contributed by atoms with Crippen molar-refractivity contribution in [3.8, 4) is 0 Å². The van der Waals surface area contributed by atoms with Gasteiger partial charge in [0, 0.05) is 17.1 Å². The third-order valence-corrected chi connectivity index (χ3v) is 3.47. The molecule has 0 unspecified atom stereocenters. The summed E-state index contributed by atoms with van der Waals surface area (Å²) >= 11 is 3.36. The number of hydrogen-bond acceptors (Lipinski definition) is 2. The SMILES string of the molecule is CNC(=O)/C(=C/c1ccc(Br)cc1)NC(=O)c1ccccc1. The van der Waals surface area contributed by atoms with Crippen molar-refractivity contribution in [3.63, 3.8) is 0 Å². The monoisotopic (exact) mass is 358 g/mol. The molecule has 0 fully saturated rings. The Balaban J connectivity index is 2.25. The van der Waals surface area contributed by atoms with E-state index in [-0.39, 0.29) is 17.5 Å². The molecular weight excluding hydrogens is 344 g/mol. The highest BCUT2D eigenvalue weighted by Gasteiger charge is 2.13. The fraction of sp³-hybridized carbons (Fsp3) is 0.0588. The Kier molecular flexibility index (Phi) is 5.49. The first-order valence-electron chi connectivity index (χ1n) is 6.66. The topological polar surface area (TPSA) is 58.2 Å². The number of hydrogen-bond donors (Lipinski definition) is 2. The Labute approximate surface area is 137 Å². The fourth-order valence-corrected chi connectivity index (χ4v) is 2.07. The van der Waals surface area contributed by atoms with Crippen molar-refractivity contribution in [2.45, 2.75) is 0 Å². The quantitative estimate of drug-likeness (QED) is 0.825. The highest BCUT2D eigenvalue weighted by atomic mass is 79.9. The molecule has 2 aromatic rings. The number of rotatable bonds is 4. The van der Waals surface area contributed by atoms with Crippen LogP contribution in [0, 0.1) is 0 Å². The van der Waals surface area contributed by atoms with Crippen molar-refractivity contribution in [2.75, 3.05) is 7.05 Å². The van der Waals surface area contributed by atoms with Gasteiger partial charge in [0.2, 0.25) is 0 Å². The van der Waals surface area contributed by atoms with E-state index in [1.165, 1.54) is 7.05 Å². The summed E-state index contributed by atoms with van der Waals surface area (Å²) in [6.07, 6.45) is 1.63. The molecule has 2 amide bonds. The van der Waals surface area contributed by atoms with E-state index < -0.39 is 0 Å². The van der Waals surface area contributed by atoms with Crippen LogP contribution in [0.4, 0.5) is 0 Å². The molecule has 0 radical (unpaired) electrons. The molecule has 112 valence electrons. The van der Waals surface area contributed by atoms with E-state index in [0.29, 0.717) is 5.56 Å². The third kappa shape index (κ3) is 4.30. The Bertz CT molecular complexity index is 694. The molecule has 0 aliphatic carbocycles. The Morgan fingerprint density at radius 1 is 1.00 bits per heavy atom. The molecule has 5 heteroatoms. The van der Waals surface area contributed by atoms with Crippen LogP contribution in [0.2, 0.25) is 0 Å². The number of benzene rings is 2. The average molecular weight is 359 g/mol. The highest BCUT2D eigenvalue weighted by molar-refractivity contribution is 9.10. The van der Waals surface area contributed by atoms with Crippen LogP contribution >= 0.6 is 15.9 Å². The van der Waals surface area contributed by atoms with Crippen molar-refractivity contribution < 1.29 is 9.59 Å². The fourth-order valence-electron chi connectivity index (χ4n) is 1.80. The maximum absolute atomic E-state index is 12.2. The van der Waals surface area contributed by atoms with Crippen molar-refractivity contribution in [1.82, 2.24) is 10.6 Å². The number of amides is 2. The van der Waals surface area contributed by atoms with Gasteiger partial charge in [-0.3, -0.25) is 9.59 Å². The molecule has 0 heterocycles. The van der Waals surface area contributed by atoms with Gasteiger partial charge in [-0.1, -0.05) is 46.3 Å². The molecular formula is C17H15BrN2O2. The van der Waals surface area contributed by atoms with E-state index in [4.69, 9.17) is 0 Å². The molecule has 2 rings (SSSR count). The molecule has 0 spiro atoms. The maximum Gasteiger partial charge on any atom is 0.267 e. The smallest absolute Gasteiger partial charge is 0.267 e. The highest BCUT2D eigenvalue weighted by Crippen LogP contribution is 2.13. The maximum atomic E-state index is 12.2. The lowest BCUT2D eigenvalue weighted by atomic mass is 10.1. The van der Waals surface area contributed by atoms with Crippen LogP contribution in [0.25, 0.3) is 6.08 Å². The molecule has 2 aromatic carbocycles.